The molecule has 0 aromatic carbocycles. The summed E-state index contributed by atoms with van der Waals surface area (Å²) >= 11 is 0. The van der Waals surface area contributed by atoms with Crippen molar-refractivity contribution < 1.29 is 14.6 Å². The van der Waals surface area contributed by atoms with E-state index in [1.54, 1.807) is 0 Å². The van der Waals surface area contributed by atoms with Crippen LogP contribution in [0.25, 0.3) is 0 Å². The van der Waals surface area contributed by atoms with E-state index in [0.29, 0.717) is 32.0 Å². The van der Waals surface area contributed by atoms with Gasteiger partial charge < -0.3 is 20.5 Å². The highest BCUT2D eigenvalue weighted by molar-refractivity contribution is 5.76. The zero-order valence-electron chi connectivity index (χ0n) is 14.5. The van der Waals surface area contributed by atoms with Crippen LogP contribution in [0.5, 0.6) is 0 Å². The highest BCUT2D eigenvalue weighted by Crippen LogP contribution is 2.07. The molecule has 2 unspecified atom stereocenters. The van der Waals surface area contributed by atoms with Crippen molar-refractivity contribution >= 4 is 5.91 Å². The first kappa shape index (κ1) is 20.3. The molecule has 2 atom stereocenters. The molecule has 5 heteroatoms. The van der Waals surface area contributed by atoms with Crippen molar-refractivity contribution in [1.82, 2.24) is 10.6 Å². The Balaban J connectivity index is 3.62. The van der Waals surface area contributed by atoms with Gasteiger partial charge >= 0.3 is 0 Å². The first-order chi connectivity index (χ1) is 9.60. The van der Waals surface area contributed by atoms with Gasteiger partial charge in [0.05, 0.1) is 18.8 Å². The highest BCUT2D eigenvalue weighted by atomic mass is 16.5. The number of hydrogen-bond donors (Lipinski definition) is 3. The summed E-state index contributed by atoms with van der Waals surface area (Å²) < 4.78 is 5.59. The van der Waals surface area contributed by atoms with Gasteiger partial charge in [-0.25, -0.2) is 0 Å². The fourth-order valence-corrected chi connectivity index (χ4v) is 2.02. The number of amides is 1. The highest BCUT2D eigenvalue weighted by Gasteiger charge is 2.13. The number of aliphatic hydroxyl groups excluding tert-OH is 1. The predicted octanol–water partition coefficient (Wildman–Crippen LogP) is 1.69. The molecule has 3 N–H and O–H groups in total. The molecule has 0 aliphatic carbocycles. The van der Waals surface area contributed by atoms with Crippen LogP contribution in [0.4, 0.5) is 0 Å². The second kappa shape index (κ2) is 10.1. The van der Waals surface area contributed by atoms with Crippen LogP contribution >= 0.6 is 0 Å². The number of carbonyl (C=O) groups is 1. The molecule has 0 fully saturated rings. The van der Waals surface area contributed by atoms with Crippen LogP contribution in [0.1, 0.15) is 54.4 Å². The van der Waals surface area contributed by atoms with Gasteiger partial charge in [-0.15, -0.1) is 0 Å². The zero-order chi connectivity index (χ0) is 16.5. The summed E-state index contributed by atoms with van der Waals surface area (Å²) in [7, 11) is 0. The molecule has 0 aliphatic rings. The van der Waals surface area contributed by atoms with E-state index in [1.807, 2.05) is 27.7 Å². The van der Waals surface area contributed by atoms with E-state index >= 15 is 0 Å². The number of hydrogen-bond acceptors (Lipinski definition) is 4. The van der Waals surface area contributed by atoms with Crippen molar-refractivity contribution in [3.05, 3.63) is 0 Å². The van der Waals surface area contributed by atoms with Crippen molar-refractivity contribution in [2.75, 3.05) is 19.7 Å². The van der Waals surface area contributed by atoms with Gasteiger partial charge in [0, 0.05) is 25.0 Å². The average Bonchev–Trinajstić information content (AvgIpc) is 2.29. The molecule has 0 saturated heterocycles. The zero-order valence-corrected chi connectivity index (χ0v) is 14.5. The molecule has 21 heavy (non-hydrogen) atoms. The van der Waals surface area contributed by atoms with E-state index in [9.17, 15) is 9.90 Å². The Hall–Kier alpha value is -0.650. The normalized spacial score (nSPS) is 15.0. The molecule has 0 saturated carbocycles. The Morgan fingerprint density at radius 2 is 1.86 bits per heavy atom. The average molecular weight is 302 g/mol. The lowest BCUT2D eigenvalue weighted by molar-refractivity contribution is -0.122. The second-order valence-electron chi connectivity index (χ2n) is 7.18. The quantitative estimate of drug-likeness (QED) is 0.537. The fraction of sp³-hybridized carbons (Fsp3) is 0.938. The number of carbonyl (C=O) groups excluding carboxylic acids is 1. The number of rotatable bonds is 10. The lowest BCUT2D eigenvalue weighted by Gasteiger charge is -2.21. The van der Waals surface area contributed by atoms with Gasteiger partial charge in [0.2, 0.25) is 5.91 Å². The molecule has 0 spiro atoms. The molecule has 0 aromatic rings. The molecule has 0 aliphatic heterocycles. The topological polar surface area (TPSA) is 70.6 Å². The Bertz CT molecular complexity index is 288. The lowest BCUT2D eigenvalue weighted by Crippen LogP contribution is -2.42. The van der Waals surface area contributed by atoms with Gasteiger partial charge in [-0.2, -0.15) is 0 Å². The van der Waals surface area contributed by atoms with Crippen molar-refractivity contribution in [3.8, 4) is 0 Å². The minimum Gasteiger partial charge on any atom is -0.389 e. The third-order valence-electron chi connectivity index (χ3n) is 2.80. The molecule has 0 bridgehead atoms. The molecule has 5 nitrogen and oxygen atoms in total. The van der Waals surface area contributed by atoms with Gasteiger partial charge in [-0.05, 0) is 40.0 Å². The summed E-state index contributed by atoms with van der Waals surface area (Å²) in [6.07, 6.45) is 1.03. The summed E-state index contributed by atoms with van der Waals surface area (Å²) in [6.45, 7) is 13.5. The maximum atomic E-state index is 11.6. The molecule has 0 rings (SSSR count). The number of ether oxygens (including phenoxy) is 1. The van der Waals surface area contributed by atoms with E-state index in [0.717, 1.165) is 6.42 Å². The van der Waals surface area contributed by atoms with E-state index in [1.165, 1.54) is 0 Å². The van der Waals surface area contributed by atoms with Gasteiger partial charge in [-0.1, -0.05) is 13.8 Å². The second-order valence-corrected chi connectivity index (χ2v) is 7.18. The van der Waals surface area contributed by atoms with E-state index < -0.39 is 6.10 Å². The summed E-state index contributed by atoms with van der Waals surface area (Å²) in [5.74, 6) is 0.614. The smallest absolute Gasteiger partial charge is 0.221 e. The first-order valence-electron chi connectivity index (χ1n) is 7.91. The van der Waals surface area contributed by atoms with E-state index in [4.69, 9.17) is 4.74 Å². The van der Waals surface area contributed by atoms with Crippen LogP contribution in [0.3, 0.4) is 0 Å². The van der Waals surface area contributed by atoms with Gasteiger partial charge in [-0.3, -0.25) is 4.79 Å². The molecule has 126 valence electrons. The van der Waals surface area contributed by atoms with Crippen LogP contribution in [0, 0.1) is 5.92 Å². The van der Waals surface area contributed by atoms with Crippen LogP contribution in [-0.2, 0) is 9.53 Å². The summed E-state index contributed by atoms with van der Waals surface area (Å²) in [5.41, 5.74) is -0.197. The molecular weight excluding hydrogens is 268 g/mol. The molecule has 0 radical (unpaired) electrons. The van der Waals surface area contributed by atoms with Crippen molar-refractivity contribution in [1.29, 1.82) is 0 Å². The Morgan fingerprint density at radius 1 is 1.24 bits per heavy atom. The minimum absolute atomic E-state index is 0.0197. The molecule has 0 aromatic heterocycles. The molecular formula is C16H34N2O3. The summed E-state index contributed by atoms with van der Waals surface area (Å²) in [4.78, 5) is 11.6. The summed E-state index contributed by atoms with van der Waals surface area (Å²) in [6, 6.07) is 0. The van der Waals surface area contributed by atoms with E-state index in [2.05, 4.69) is 24.5 Å². The SMILES string of the molecule is CC(C)CC(C)OCC(O)CNCCC(=O)NC(C)(C)C. The van der Waals surface area contributed by atoms with E-state index in [-0.39, 0.29) is 17.6 Å². The largest absolute Gasteiger partial charge is 0.389 e. The Kier molecular flexibility index (Phi) is 9.83. The van der Waals surface area contributed by atoms with Crippen molar-refractivity contribution in [2.24, 2.45) is 5.92 Å². The van der Waals surface area contributed by atoms with Crippen LogP contribution in [0.2, 0.25) is 0 Å². The maximum Gasteiger partial charge on any atom is 0.221 e. The number of nitrogens with one attached hydrogen (secondary N) is 2. The van der Waals surface area contributed by atoms with Crippen molar-refractivity contribution in [2.45, 2.75) is 72.1 Å². The predicted molar refractivity (Wildman–Crippen MR) is 86.3 cm³/mol. The van der Waals surface area contributed by atoms with Crippen molar-refractivity contribution in [3.63, 3.8) is 0 Å². The van der Waals surface area contributed by atoms with Crippen LogP contribution < -0.4 is 10.6 Å². The first-order valence-corrected chi connectivity index (χ1v) is 7.91. The maximum absolute atomic E-state index is 11.6. The van der Waals surface area contributed by atoms with Crippen LogP contribution in [0.15, 0.2) is 0 Å². The van der Waals surface area contributed by atoms with Gasteiger partial charge in [0.15, 0.2) is 0 Å². The Morgan fingerprint density at radius 3 is 2.38 bits per heavy atom. The third-order valence-corrected chi connectivity index (χ3v) is 2.80. The molecule has 0 heterocycles. The third kappa shape index (κ3) is 14.1. The molecule has 1 amide bonds. The number of aliphatic hydroxyl groups is 1. The van der Waals surface area contributed by atoms with Gasteiger partial charge in [0.1, 0.15) is 0 Å². The van der Waals surface area contributed by atoms with Crippen LogP contribution in [-0.4, -0.2) is 48.5 Å². The fourth-order valence-electron chi connectivity index (χ4n) is 2.02. The monoisotopic (exact) mass is 302 g/mol. The minimum atomic E-state index is -0.537. The van der Waals surface area contributed by atoms with Gasteiger partial charge in [0.25, 0.3) is 0 Å². The lowest BCUT2D eigenvalue weighted by atomic mass is 10.1. The summed E-state index contributed by atoms with van der Waals surface area (Å²) in [5, 5.41) is 15.8. The standard InChI is InChI=1S/C16H34N2O3/c1-12(2)9-13(3)21-11-14(19)10-17-8-7-15(20)18-16(4,5)6/h12-14,17,19H,7-11H2,1-6H3,(H,18,20). The Labute approximate surface area is 129 Å².